The highest BCUT2D eigenvalue weighted by Gasteiger charge is 2.46. The fourth-order valence-corrected chi connectivity index (χ4v) is 4.17. The topological polar surface area (TPSA) is 34.2 Å². The minimum absolute atomic E-state index is 0.233. The molecule has 2 fully saturated rings. The summed E-state index contributed by atoms with van der Waals surface area (Å²) in [5.41, 5.74) is 2.43. The number of rotatable bonds is 7. The van der Waals surface area contributed by atoms with Gasteiger partial charge in [0, 0.05) is 35.1 Å². The molecule has 0 spiro atoms. The van der Waals surface area contributed by atoms with Gasteiger partial charge in [-0.3, -0.25) is 4.98 Å². The second kappa shape index (κ2) is 8.09. The number of halogens is 4. The molecule has 1 heterocycles. The summed E-state index contributed by atoms with van der Waals surface area (Å²) in [7, 11) is 0. The number of hydrogen-bond donors (Lipinski definition) is 1. The van der Waals surface area contributed by atoms with E-state index in [0.717, 1.165) is 60.3 Å². The van der Waals surface area contributed by atoms with E-state index in [1.54, 1.807) is 6.20 Å². The highest BCUT2D eigenvalue weighted by Crippen LogP contribution is 2.50. The number of nitrogens with one attached hydrogen (secondary N) is 1. The van der Waals surface area contributed by atoms with Crippen LogP contribution in [0.1, 0.15) is 42.4 Å². The van der Waals surface area contributed by atoms with Crippen molar-refractivity contribution in [1.82, 2.24) is 10.3 Å². The molecule has 0 aliphatic heterocycles. The number of nitrogens with zero attached hydrogens (tertiary/aromatic N) is 1. The van der Waals surface area contributed by atoms with E-state index >= 15 is 0 Å². The Morgan fingerprint density at radius 2 is 1.84 bits per heavy atom. The SMILES string of the molecule is FC(F)(F)c1ccc(Cl)c(CNC2(c3cnccc3-c3ccccc3OC3CC3)CC2)c1. The van der Waals surface area contributed by atoms with Crippen molar-refractivity contribution in [3.63, 3.8) is 0 Å². The van der Waals surface area contributed by atoms with Gasteiger partial charge in [0.2, 0.25) is 0 Å². The second-order valence-corrected chi connectivity index (χ2v) is 8.88. The largest absolute Gasteiger partial charge is 0.490 e. The quantitative estimate of drug-likeness (QED) is 0.425. The third-order valence-electron chi connectivity index (χ3n) is 6.07. The first-order valence-corrected chi connectivity index (χ1v) is 11.0. The summed E-state index contributed by atoms with van der Waals surface area (Å²) >= 11 is 6.21. The number of alkyl halides is 3. The van der Waals surface area contributed by atoms with E-state index in [4.69, 9.17) is 16.3 Å². The van der Waals surface area contributed by atoms with E-state index in [0.29, 0.717) is 10.6 Å². The van der Waals surface area contributed by atoms with Gasteiger partial charge in [0.25, 0.3) is 0 Å². The fraction of sp³-hybridized carbons (Fsp3) is 0.320. The standard InChI is InChI=1S/C25H22ClF3N2O/c26-22-8-5-17(25(27,28)29)13-16(22)14-31-24(10-11-24)21-15-30-12-9-19(21)20-3-1-2-4-23(20)32-18-6-7-18/h1-5,8-9,12-13,15,18,31H,6-7,10-11,14H2. The zero-order valence-electron chi connectivity index (χ0n) is 17.3. The zero-order chi connectivity index (χ0) is 22.3. The van der Waals surface area contributed by atoms with Crippen LogP contribution in [0.2, 0.25) is 5.02 Å². The maximum absolute atomic E-state index is 13.1. The van der Waals surface area contributed by atoms with Gasteiger partial charge in [0.1, 0.15) is 5.75 Å². The predicted molar refractivity (Wildman–Crippen MR) is 118 cm³/mol. The van der Waals surface area contributed by atoms with Gasteiger partial charge in [-0.2, -0.15) is 13.2 Å². The first-order chi connectivity index (χ1) is 15.4. The Balaban J connectivity index is 1.44. The Kier molecular flexibility index (Phi) is 5.38. The number of ether oxygens (including phenoxy) is 1. The molecule has 3 nitrogen and oxygen atoms in total. The molecule has 0 radical (unpaired) electrons. The molecule has 2 aromatic carbocycles. The van der Waals surface area contributed by atoms with Crippen LogP contribution in [0.5, 0.6) is 5.75 Å². The highest BCUT2D eigenvalue weighted by molar-refractivity contribution is 6.31. The van der Waals surface area contributed by atoms with E-state index in [1.165, 1.54) is 6.07 Å². The van der Waals surface area contributed by atoms with Gasteiger partial charge in [0.15, 0.2) is 0 Å². The number of benzene rings is 2. The number of pyridine rings is 1. The average Bonchev–Trinajstić information content (AvgIpc) is 3.70. The molecule has 5 rings (SSSR count). The molecule has 0 unspecified atom stereocenters. The number of hydrogen-bond acceptors (Lipinski definition) is 3. The molecule has 1 aromatic heterocycles. The van der Waals surface area contributed by atoms with Gasteiger partial charge < -0.3 is 10.1 Å². The second-order valence-electron chi connectivity index (χ2n) is 8.47. The van der Waals surface area contributed by atoms with Gasteiger partial charge in [-0.1, -0.05) is 29.8 Å². The summed E-state index contributed by atoms with van der Waals surface area (Å²) in [4.78, 5) is 4.34. The van der Waals surface area contributed by atoms with Crippen molar-refractivity contribution >= 4 is 11.6 Å². The van der Waals surface area contributed by atoms with E-state index < -0.39 is 11.7 Å². The van der Waals surface area contributed by atoms with Crippen molar-refractivity contribution in [2.75, 3.05) is 0 Å². The summed E-state index contributed by atoms with van der Waals surface area (Å²) in [6.45, 7) is 0.233. The lowest BCUT2D eigenvalue weighted by Crippen LogP contribution is -2.29. The number of para-hydroxylation sites is 1. The average molecular weight is 459 g/mol. The monoisotopic (exact) mass is 458 g/mol. The summed E-state index contributed by atoms with van der Waals surface area (Å²) in [5.74, 6) is 0.846. The van der Waals surface area contributed by atoms with Gasteiger partial charge in [-0.05, 0) is 72.7 Å². The Morgan fingerprint density at radius 1 is 1.06 bits per heavy atom. The molecule has 0 amide bonds. The molecule has 0 saturated heterocycles. The molecule has 0 atom stereocenters. The van der Waals surface area contributed by atoms with Crippen LogP contribution in [0.4, 0.5) is 13.2 Å². The fourth-order valence-electron chi connectivity index (χ4n) is 3.99. The van der Waals surface area contributed by atoms with Gasteiger partial charge in [-0.25, -0.2) is 0 Å². The summed E-state index contributed by atoms with van der Waals surface area (Å²) in [6.07, 6.45) is 3.35. The number of aromatic nitrogens is 1. The first-order valence-electron chi connectivity index (χ1n) is 10.7. The first kappa shape index (κ1) is 21.3. The molecule has 1 N–H and O–H groups in total. The molecule has 2 saturated carbocycles. The van der Waals surface area contributed by atoms with Crippen molar-refractivity contribution in [3.8, 4) is 16.9 Å². The Bertz CT molecular complexity index is 1140. The third-order valence-corrected chi connectivity index (χ3v) is 6.44. The van der Waals surface area contributed by atoms with E-state index in [-0.39, 0.29) is 18.2 Å². The molecule has 0 bridgehead atoms. The van der Waals surface area contributed by atoms with E-state index in [2.05, 4.69) is 10.3 Å². The molecule has 3 aromatic rings. The molecular formula is C25H22ClF3N2O. The van der Waals surface area contributed by atoms with Crippen LogP contribution in [0.25, 0.3) is 11.1 Å². The molecule has 2 aliphatic carbocycles. The normalized spacial score (nSPS) is 17.2. The molecule has 32 heavy (non-hydrogen) atoms. The van der Waals surface area contributed by atoms with Crippen LogP contribution < -0.4 is 10.1 Å². The Labute approximate surface area is 189 Å². The maximum atomic E-state index is 13.1. The van der Waals surface area contributed by atoms with Crippen LogP contribution in [0, 0.1) is 0 Å². The van der Waals surface area contributed by atoms with Gasteiger partial charge >= 0.3 is 6.18 Å². The molecular weight excluding hydrogens is 437 g/mol. The molecule has 7 heteroatoms. The van der Waals surface area contributed by atoms with Crippen molar-refractivity contribution < 1.29 is 17.9 Å². The van der Waals surface area contributed by atoms with E-state index in [1.807, 2.05) is 36.5 Å². The third kappa shape index (κ3) is 4.34. The van der Waals surface area contributed by atoms with Crippen molar-refractivity contribution in [3.05, 3.63) is 82.6 Å². The van der Waals surface area contributed by atoms with Crippen molar-refractivity contribution in [1.29, 1.82) is 0 Å². The maximum Gasteiger partial charge on any atom is 0.416 e. The van der Waals surface area contributed by atoms with E-state index in [9.17, 15) is 13.2 Å². The Hall–Kier alpha value is -2.57. The Morgan fingerprint density at radius 3 is 2.56 bits per heavy atom. The molecule has 166 valence electrons. The van der Waals surface area contributed by atoms with Crippen LogP contribution in [-0.2, 0) is 18.3 Å². The smallest absolute Gasteiger partial charge is 0.416 e. The zero-order valence-corrected chi connectivity index (χ0v) is 18.0. The minimum Gasteiger partial charge on any atom is -0.490 e. The van der Waals surface area contributed by atoms with Crippen LogP contribution >= 0.6 is 11.6 Å². The minimum atomic E-state index is -4.40. The molecule has 2 aliphatic rings. The summed E-state index contributed by atoms with van der Waals surface area (Å²) in [5, 5.41) is 3.79. The van der Waals surface area contributed by atoms with Gasteiger partial charge in [-0.15, -0.1) is 0 Å². The van der Waals surface area contributed by atoms with Crippen molar-refractivity contribution in [2.45, 2.75) is 50.0 Å². The van der Waals surface area contributed by atoms with Crippen LogP contribution in [0.3, 0.4) is 0 Å². The predicted octanol–water partition coefficient (Wildman–Crippen LogP) is 6.74. The lowest BCUT2D eigenvalue weighted by molar-refractivity contribution is -0.137. The van der Waals surface area contributed by atoms with Crippen LogP contribution in [0.15, 0.2) is 60.9 Å². The lowest BCUT2D eigenvalue weighted by Gasteiger charge is -2.23. The van der Waals surface area contributed by atoms with Crippen LogP contribution in [-0.4, -0.2) is 11.1 Å². The lowest BCUT2D eigenvalue weighted by atomic mass is 9.94. The van der Waals surface area contributed by atoms with Gasteiger partial charge in [0.05, 0.1) is 11.7 Å². The highest BCUT2D eigenvalue weighted by atomic mass is 35.5. The van der Waals surface area contributed by atoms with Crippen molar-refractivity contribution in [2.24, 2.45) is 0 Å². The summed E-state index contributed by atoms with van der Waals surface area (Å²) < 4.78 is 45.5. The summed E-state index contributed by atoms with van der Waals surface area (Å²) in [6, 6.07) is 13.4.